The van der Waals surface area contributed by atoms with E-state index in [1.165, 1.54) is 13.8 Å². The summed E-state index contributed by atoms with van der Waals surface area (Å²) >= 11 is 0. The van der Waals surface area contributed by atoms with E-state index in [0.29, 0.717) is 11.1 Å². The Balaban J connectivity index is 1.67. The van der Waals surface area contributed by atoms with Gasteiger partial charge in [0.25, 0.3) is 0 Å². The molecule has 2 fully saturated rings. The molecule has 14 atom stereocenters. The van der Waals surface area contributed by atoms with Gasteiger partial charge in [0.1, 0.15) is 54.3 Å². The van der Waals surface area contributed by atoms with E-state index in [1.807, 2.05) is 13.8 Å². The first kappa shape index (κ1) is 72.8. The maximum Gasteiger partial charge on any atom is 0.319 e. The van der Waals surface area contributed by atoms with Crippen LogP contribution in [0, 0.1) is 11.8 Å². The minimum atomic E-state index is -1.75. The van der Waals surface area contributed by atoms with Crippen molar-refractivity contribution in [1.29, 1.82) is 0 Å². The molecule has 0 aromatic heterocycles. The van der Waals surface area contributed by atoms with Crippen molar-refractivity contribution in [3.63, 3.8) is 0 Å². The van der Waals surface area contributed by atoms with Crippen molar-refractivity contribution >= 4 is 65.0 Å². The zero-order chi connectivity index (χ0) is 65.0. The molecule has 0 bridgehead atoms. The third-order valence-corrected chi connectivity index (χ3v) is 14.8. The summed E-state index contributed by atoms with van der Waals surface area (Å²) in [6, 6.07) is 3.69. The number of hydrogen-bond donors (Lipinski definition) is 18. The van der Waals surface area contributed by atoms with Crippen molar-refractivity contribution in [2.45, 2.75) is 158 Å². The van der Waals surface area contributed by atoms with Gasteiger partial charge in [-0.15, -0.1) is 0 Å². The van der Waals surface area contributed by atoms with E-state index in [-0.39, 0.29) is 110 Å². The highest BCUT2D eigenvalue weighted by atomic mass is 16.5. The van der Waals surface area contributed by atoms with Crippen LogP contribution in [-0.4, -0.2) is 200 Å². The van der Waals surface area contributed by atoms with Crippen LogP contribution in [0.4, 0.5) is 0 Å². The first-order valence-electron chi connectivity index (χ1n) is 29.8. The molecule has 10 amide bonds. The number of carbonyl (C=O) groups excluding carboxylic acids is 11. The number of rotatable bonds is 25. The van der Waals surface area contributed by atoms with Gasteiger partial charge in [-0.3, -0.25) is 52.7 Å². The van der Waals surface area contributed by atoms with Crippen LogP contribution in [0.25, 0.3) is 0 Å². The lowest BCUT2D eigenvalue weighted by atomic mass is 9.87. The smallest absolute Gasteiger partial charge is 0.319 e. The third-order valence-electron chi connectivity index (χ3n) is 14.8. The number of aliphatic hydroxyl groups excluding tert-OH is 2. The first-order chi connectivity index (χ1) is 42.0. The maximum atomic E-state index is 14.5. The quantitative estimate of drug-likeness (QED) is 0.0325. The molecule has 2 aliphatic heterocycles. The number of esters is 1. The Morgan fingerprint density at radius 1 is 0.591 bits per heavy atom. The third kappa shape index (κ3) is 22.8. The first-order valence-corrected chi connectivity index (χ1v) is 29.8. The molecule has 2 aliphatic rings. The summed E-state index contributed by atoms with van der Waals surface area (Å²) in [5, 5.41) is 50.9. The molecule has 30 heteroatoms. The predicted octanol–water partition coefficient (Wildman–Crippen LogP) is -6.42. The Bertz CT molecular complexity index is 2640. The molecule has 488 valence electrons. The van der Waals surface area contributed by atoms with Gasteiger partial charge in [-0.2, -0.15) is 0 Å². The summed E-state index contributed by atoms with van der Waals surface area (Å²) in [7, 11) is 0. The van der Waals surface area contributed by atoms with Gasteiger partial charge in [0.15, 0.2) is 0 Å². The Morgan fingerprint density at radius 2 is 1.10 bits per heavy atom. The number of aliphatic hydroxyl groups is 2. The van der Waals surface area contributed by atoms with Crippen molar-refractivity contribution in [1.82, 2.24) is 58.5 Å². The molecule has 2 saturated heterocycles. The highest BCUT2D eigenvalue weighted by Crippen LogP contribution is 2.32. The van der Waals surface area contributed by atoms with Crippen LogP contribution in [0.3, 0.4) is 0 Å². The minimum Gasteiger partial charge on any atom is -0.464 e. The number of cyclic esters (lactones) is 1. The van der Waals surface area contributed by atoms with Crippen LogP contribution >= 0.6 is 0 Å². The van der Waals surface area contributed by atoms with E-state index >= 15 is 0 Å². The van der Waals surface area contributed by atoms with Gasteiger partial charge in [-0.1, -0.05) is 74.5 Å². The topological polar surface area (TPSA) is 500 Å². The van der Waals surface area contributed by atoms with Crippen LogP contribution < -0.4 is 87.2 Å². The minimum absolute atomic E-state index is 0.0255. The van der Waals surface area contributed by atoms with Crippen molar-refractivity contribution < 1.29 is 67.7 Å². The van der Waals surface area contributed by atoms with Crippen molar-refractivity contribution in [2.75, 3.05) is 52.4 Å². The maximum absolute atomic E-state index is 14.5. The van der Waals surface area contributed by atoms with Crippen molar-refractivity contribution in [3.8, 4) is 0 Å². The van der Waals surface area contributed by atoms with Crippen LogP contribution in [0.5, 0.6) is 0 Å². The van der Waals surface area contributed by atoms with Crippen LogP contribution in [0.15, 0.2) is 60.7 Å². The Labute approximate surface area is 511 Å². The molecule has 88 heavy (non-hydrogen) atoms. The zero-order valence-corrected chi connectivity index (χ0v) is 50.4. The molecule has 2 aromatic carbocycles. The summed E-state index contributed by atoms with van der Waals surface area (Å²) in [5.74, 6) is -11.6. The molecule has 30 nitrogen and oxygen atoms in total. The highest BCUT2D eigenvalue weighted by Gasteiger charge is 2.45. The lowest BCUT2D eigenvalue weighted by Gasteiger charge is -2.29. The summed E-state index contributed by atoms with van der Waals surface area (Å²) in [5.41, 5.74) is 30.8. The number of ether oxygens (including phenoxy) is 1. The van der Waals surface area contributed by atoms with E-state index < -0.39 is 150 Å². The van der Waals surface area contributed by atoms with E-state index in [4.69, 9.17) is 33.4 Å². The molecule has 0 saturated carbocycles. The summed E-state index contributed by atoms with van der Waals surface area (Å²) in [6.45, 7) is 4.85. The van der Waals surface area contributed by atoms with Crippen molar-refractivity contribution in [2.24, 2.45) is 40.5 Å². The van der Waals surface area contributed by atoms with Gasteiger partial charge >= 0.3 is 5.97 Å². The average molecular weight is 1240 g/mol. The second-order valence-electron chi connectivity index (χ2n) is 22.4. The van der Waals surface area contributed by atoms with E-state index in [2.05, 4.69) is 58.5 Å². The molecule has 2 aromatic rings. The van der Waals surface area contributed by atoms with Crippen LogP contribution in [-0.2, 0) is 63.9 Å². The van der Waals surface area contributed by atoms with Gasteiger partial charge in [0.2, 0.25) is 59.1 Å². The largest absolute Gasteiger partial charge is 0.464 e. The van der Waals surface area contributed by atoms with Crippen molar-refractivity contribution in [3.05, 3.63) is 71.8 Å². The number of amides is 10. The van der Waals surface area contributed by atoms with Crippen LogP contribution in [0.2, 0.25) is 0 Å². The number of nitrogens with one attached hydrogen (secondary N) is 11. The number of nitrogens with two attached hydrogens (primary N) is 5. The number of carbonyl (C=O) groups is 11. The second-order valence-corrected chi connectivity index (χ2v) is 22.4. The fourth-order valence-electron chi connectivity index (χ4n) is 10.0. The van der Waals surface area contributed by atoms with Gasteiger partial charge in [0, 0.05) is 31.5 Å². The summed E-state index contributed by atoms with van der Waals surface area (Å²) in [6.07, 6.45) is -3.88. The van der Waals surface area contributed by atoms with E-state index in [1.54, 1.807) is 60.7 Å². The molecular weight excluding hydrogens is 1140 g/mol. The van der Waals surface area contributed by atoms with E-state index in [0.717, 1.165) is 0 Å². The average Bonchev–Trinajstić information content (AvgIpc) is 4.03. The second kappa shape index (κ2) is 37.2. The normalized spacial score (nSPS) is 24.7. The Kier molecular flexibility index (Phi) is 30.8. The highest BCUT2D eigenvalue weighted by molar-refractivity contribution is 6.02. The predicted molar refractivity (Wildman–Crippen MR) is 322 cm³/mol. The Morgan fingerprint density at radius 3 is 1.66 bits per heavy atom. The standard InChI is InChI=1S/C58H92N16O14/c1-31(2)27-43-53(82)68-40(17-23-61)50(79)67-41(18-24-62)51(80)73-46(32(3)75)56(85)64-26-20-36(29-65-38(15-21-59)48(77)72-44(54(83)71-43)28-34-11-7-5-8-12-34)66-49(78)39(16-22-60)70-57(86)47(33(4)76)74-52(81)42(19-25-63)69-55(84)45-37(30-88-58(45)87)35-13-9-6-10-14-35/h5-14,31-33,36-47,65,75-76H,15-30,59-63H2,1-4H3,(H,64,85)(H,66,78)(H,67,79)(H,68,82)(H,69,84)(H,70,86)(H,71,83)(H,72,77)(H,73,80)(H,74,81)/t32?,33?,36-,37?,38-,39-,40-,41-,42-,43-,44+,45?,46-,47-/m0/s1. The molecule has 23 N–H and O–H groups in total. The molecule has 0 aliphatic carbocycles. The van der Waals surface area contributed by atoms with Crippen LogP contribution in [0.1, 0.15) is 89.7 Å². The summed E-state index contributed by atoms with van der Waals surface area (Å²) in [4.78, 5) is 154. The fourth-order valence-corrected chi connectivity index (χ4v) is 10.0. The molecule has 4 unspecified atom stereocenters. The SMILES string of the molecule is CC(C)C[C@@H]1NC(=O)[C@@H](Cc2ccccc2)NC(=O)[C@H](CCN)NC[C@@H](NC(=O)[C@H](CCN)NC(=O)[C@@H](NC(=O)[C@H](CCN)NC(=O)C2C(=O)OCC2c2ccccc2)C(C)O)CCNC(=O)[C@H](C(C)O)NC(=O)[C@H](CCN)NC(=O)[C@H](CCN)NC1=O. The molecule has 4 rings (SSSR count). The van der Waals surface area contributed by atoms with Gasteiger partial charge in [-0.25, -0.2) is 0 Å². The molecule has 0 spiro atoms. The lowest BCUT2D eigenvalue weighted by Crippen LogP contribution is -2.61. The number of benzene rings is 2. The van der Waals surface area contributed by atoms with Gasteiger partial charge in [-0.05, 0) is 109 Å². The fraction of sp³-hybridized carbons (Fsp3) is 0.603. The molecule has 0 radical (unpaired) electrons. The van der Waals surface area contributed by atoms with Gasteiger partial charge in [0.05, 0.1) is 24.9 Å². The molecule has 2 heterocycles. The monoisotopic (exact) mass is 1240 g/mol. The Hall–Kier alpha value is -7.71. The lowest BCUT2D eigenvalue weighted by molar-refractivity contribution is -0.146. The number of hydrogen-bond acceptors (Lipinski definition) is 20. The summed E-state index contributed by atoms with van der Waals surface area (Å²) < 4.78 is 5.22. The van der Waals surface area contributed by atoms with Gasteiger partial charge < -0.3 is 102 Å². The molecular formula is C58H92N16O14. The zero-order valence-electron chi connectivity index (χ0n) is 50.4. The van der Waals surface area contributed by atoms with E-state index in [9.17, 15) is 63.0 Å².